The van der Waals surface area contributed by atoms with Gasteiger partial charge in [0.25, 0.3) is 0 Å². The van der Waals surface area contributed by atoms with Crippen LogP contribution in [-0.4, -0.2) is 0 Å². The Morgan fingerprint density at radius 1 is 0.600 bits per heavy atom. The van der Waals surface area contributed by atoms with Gasteiger partial charge in [0.15, 0.2) is 0 Å². The lowest BCUT2D eigenvalue weighted by Crippen LogP contribution is -2.46. The van der Waals surface area contributed by atoms with Crippen LogP contribution in [0.15, 0.2) is 0 Å². The molecule has 0 saturated heterocycles. The van der Waals surface area contributed by atoms with Crippen LogP contribution in [0.3, 0.4) is 0 Å². The maximum Gasteiger partial charge on any atom is -0.0261 e. The highest BCUT2D eigenvalue weighted by Gasteiger charge is 2.55. The van der Waals surface area contributed by atoms with Crippen molar-refractivity contribution in [3.8, 4) is 0 Å². The first kappa shape index (κ1) is 23.0. The van der Waals surface area contributed by atoms with E-state index in [-0.39, 0.29) is 0 Å². The number of hydrogen-bond acceptors (Lipinski definition) is 0. The van der Waals surface area contributed by atoms with Crippen molar-refractivity contribution in [2.45, 2.75) is 122 Å². The second kappa shape index (κ2) is 7.20. The molecule has 3 unspecified atom stereocenters. The van der Waals surface area contributed by atoms with Gasteiger partial charge in [-0.05, 0) is 77.4 Å². The van der Waals surface area contributed by atoms with Crippen molar-refractivity contribution in [1.29, 1.82) is 0 Å². The summed E-state index contributed by atoms with van der Waals surface area (Å²) in [5, 5.41) is 0. The van der Waals surface area contributed by atoms with Gasteiger partial charge in [0.05, 0.1) is 0 Å². The highest BCUT2D eigenvalue weighted by Crippen LogP contribution is 2.64. The molecule has 0 aromatic carbocycles. The van der Waals surface area contributed by atoms with E-state index in [0.717, 1.165) is 11.8 Å². The Kier molecular flexibility index (Phi) is 6.63. The molecule has 0 radical (unpaired) electrons. The molecule has 2 rings (SSSR count). The Hall–Kier alpha value is 0. The fraction of sp³-hybridized carbons (Fsp3) is 1.00. The van der Waals surface area contributed by atoms with Gasteiger partial charge in [0.1, 0.15) is 0 Å². The summed E-state index contributed by atoms with van der Waals surface area (Å²) in [5.41, 5.74) is 2.34. The molecule has 2 aliphatic rings. The summed E-state index contributed by atoms with van der Waals surface area (Å²) in [5.74, 6) is 1.65. The van der Waals surface area contributed by atoms with Gasteiger partial charge in [-0.25, -0.2) is 0 Å². The Labute approximate surface area is 160 Å². The lowest BCUT2D eigenvalue weighted by Gasteiger charge is -2.55. The number of rotatable bonds is 0. The van der Waals surface area contributed by atoms with Gasteiger partial charge in [0, 0.05) is 0 Å². The normalized spacial score (nSPS) is 38.9. The summed E-state index contributed by atoms with van der Waals surface area (Å²) in [6.45, 7) is 29.6. The van der Waals surface area contributed by atoms with Crippen molar-refractivity contribution in [2.24, 2.45) is 38.9 Å². The van der Waals surface area contributed by atoms with E-state index in [9.17, 15) is 0 Å². The molecule has 150 valence electrons. The molecule has 3 atom stereocenters. The number of fused-ring (bicyclic) bond motifs is 1. The summed E-state index contributed by atoms with van der Waals surface area (Å²) in [4.78, 5) is 0. The van der Waals surface area contributed by atoms with Gasteiger partial charge >= 0.3 is 0 Å². The van der Waals surface area contributed by atoms with Crippen LogP contribution < -0.4 is 0 Å². The summed E-state index contributed by atoms with van der Waals surface area (Å²) >= 11 is 0. The summed E-state index contributed by atoms with van der Waals surface area (Å²) in [6.07, 6.45) is 8.36. The smallest absolute Gasteiger partial charge is 0.0261 e. The van der Waals surface area contributed by atoms with E-state index in [1.165, 1.54) is 38.5 Å². The average molecular weight is 351 g/mol. The van der Waals surface area contributed by atoms with Gasteiger partial charge < -0.3 is 0 Å². The predicted octanol–water partition coefficient (Wildman–Crippen LogP) is 8.74. The molecule has 2 fully saturated rings. The Morgan fingerprint density at radius 3 is 1.60 bits per heavy atom. The summed E-state index contributed by atoms with van der Waals surface area (Å²) < 4.78 is 0. The average Bonchev–Trinajstić information content (AvgIpc) is 2.45. The Balaban J connectivity index is 0.00000151. The minimum atomic E-state index is 0.438. The van der Waals surface area contributed by atoms with Gasteiger partial charge in [-0.15, -0.1) is 0 Å². The van der Waals surface area contributed by atoms with Crippen LogP contribution in [0.5, 0.6) is 0 Å². The molecule has 0 aromatic heterocycles. The van der Waals surface area contributed by atoms with Gasteiger partial charge in [-0.3, -0.25) is 0 Å². The fourth-order valence-electron chi connectivity index (χ4n) is 6.98. The second-order valence-electron chi connectivity index (χ2n) is 12.7. The van der Waals surface area contributed by atoms with E-state index in [1.807, 2.05) is 13.8 Å². The van der Waals surface area contributed by atoms with E-state index in [0.29, 0.717) is 27.1 Å². The van der Waals surface area contributed by atoms with Crippen LogP contribution in [-0.2, 0) is 0 Å². The Bertz CT molecular complexity index is 437. The molecule has 2 saturated carbocycles. The third-order valence-corrected chi connectivity index (χ3v) is 7.75. The summed E-state index contributed by atoms with van der Waals surface area (Å²) in [7, 11) is 0. The molecule has 2 aliphatic carbocycles. The molecule has 0 N–H and O–H groups in total. The number of hydrogen-bond donors (Lipinski definition) is 0. The van der Waals surface area contributed by atoms with Crippen molar-refractivity contribution >= 4 is 0 Å². The van der Waals surface area contributed by atoms with Crippen molar-refractivity contribution in [1.82, 2.24) is 0 Å². The summed E-state index contributed by atoms with van der Waals surface area (Å²) in [6, 6.07) is 0. The molecule has 0 nitrogen and oxygen atoms in total. The SMILES string of the molecule is CC.CC1CC(C)(C)CC(C)(C)C2CC(C)(C)CCC(C)(C)CC12C. The zero-order valence-corrected chi connectivity index (χ0v) is 19.9. The fourth-order valence-corrected chi connectivity index (χ4v) is 6.98. The van der Waals surface area contributed by atoms with Crippen molar-refractivity contribution in [2.75, 3.05) is 0 Å². The topological polar surface area (TPSA) is 0 Å². The molecule has 0 heteroatoms. The van der Waals surface area contributed by atoms with E-state index in [1.54, 1.807) is 0 Å². The molecular weight excluding hydrogens is 300 g/mol. The third kappa shape index (κ3) is 5.26. The molecule has 0 amide bonds. The molecular formula is C25H50. The molecule has 0 aromatic rings. The first-order valence-corrected chi connectivity index (χ1v) is 11.1. The molecule has 0 bridgehead atoms. The van der Waals surface area contributed by atoms with Crippen molar-refractivity contribution in [3.63, 3.8) is 0 Å². The first-order chi connectivity index (χ1) is 11.1. The van der Waals surface area contributed by atoms with Crippen LogP contribution in [0.4, 0.5) is 0 Å². The van der Waals surface area contributed by atoms with Gasteiger partial charge in [-0.1, -0.05) is 83.1 Å². The van der Waals surface area contributed by atoms with Gasteiger partial charge in [0.2, 0.25) is 0 Å². The molecule has 25 heavy (non-hydrogen) atoms. The lowest BCUT2D eigenvalue weighted by atomic mass is 9.50. The second-order valence-corrected chi connectivity index (χ2v) is 12.7. The first-order valence-electron chi connectivity index (χ1n) is 11.1. The van der Waals surface area contributed by atoms with E-state index in [2.05, 4.69) is 69.2 Å². The van der Waals surface area contributed by atoms with Crippen molar-refractivity contribution < 1.29 is 0 Å². The Morgan fingerprint density at radius 2 is 1.08 bits per heavy atom. The minimum absolute atomic E-state index is 0.438. The van der Waals surface area contributed by atoms with E-state index < -0.39 is 0 Å². The largest absolute Gasteiger partial charge is 0.0683 e. The maximum atomic E-state index is 2.66. The standard InChI is InChI=1S/C23H44.C2H6/c1-17-13-21(6,7)15-22(8,9)18-14-19(2,3)11-12-20(4,5)16-23(17,18)10;1-2/h17-18H,11-16H2,1-10H3;1-2H3. The van der Waals surface area contributed by atoms with Crippen LogP contribution in [0.25, 0.3) is 0 Å². The van der Waals surface area contributed by atoms with Crippen LogP contribution in [0, 0.1) is 38.9 Å². The molecule has 0 heterocycles. The molecule has 0 spiro atoms. The predicted molar refractivity (Wildman–Crippen MR) is 115 cm³/mol. The van der Waals surface area contributed by atoms with E-state index in [4.69, 9.17) is 0 Å². The zero-order chi connectivity index (χ0) is 19.9. The lowest BCUT2D eigenvalue weighted by molar-refractivity contribution is -0.0555. The van der Waals surface area contributed by atoms with Crippen LogP contribution in [0.2, 0.25) is 0 Å². The quantitative estimate of drug-likeness (QED) is 0.409. The minimum Gasteiger partial charge on any atom is -0.0683 e. The third-order valence-electron chi connectivity index (χ3n) is 7.75. The highest BCUT2D eigenvalue weighted by molar-refractivity contribution is 5.04. The van der Waals surface area contributed by atoms with Gasteiger partial charge in [-0.2, -0.15) is 0 Å². The zero-order valence-electron chi connectivity index (χ0n) is 19.9. The highest BCUT2D eigenvalue weighted by atomic mass is 14.6. The van der Waals surface area contributed by atoms with Crippen LogP contribution in [0.1, 0.15) is 122 Å². The monoisotopic (exact) mass is 350 g/mol. The maximum absolute atomic E-state index is 2.66. The van der Waals surface area contributed by atoms with E-state index >= 15 is 0 Å². The van der Waals surface area contributed by atoms with Crippen LogP contribution >= 0.6 is 0 Å². The molecule has 0 aliphatic heterocycles. The van der Waals surface area contributed by atoms with Crippen molar-refractivity contribution in [3.05, 3.63) is 0 Å².